The van der Waals surface area contributed by atoms with Gasteiger partial charge in [-0.2, -0.15) is 0 Å². The van der Waals surface area contributed by atoms with Crippen LogP contribution in [0.25, 0.3) is 0 Å². The summed E-state index contributed by atoms with van der Waals surface area (Å²) in [5.41, 5.74) is 5.71. The fourth-order valence-corrected chi connectivity index (χ4v) is 1.44. The Morgan fingerprint density at radius 2 is 2.06 bits per heavy atom. The van der Waals surface area contributed by atoms with Crippen molar-refractivity contribution in [1.29, 1.82) is 0 Å². The number of ether oxygens (including phenoxy) is 1. The van der Waals surface area contributed by atoms with Crippen LogP contribution >= 0.6 is 0 Å². The van der Waals surface area contributed by atoms with E-state index in [-0.39, 0.29) is 5.75 Å². The normalized spacial score (nSPS) is 14.5. The van der Waals surface area contributed by atoms with E-state index in [9.17, 15) is 15.3 Å². The molecule has 5 N–H and O–H groups in total. The van der Waals surface area contributed by atoms with Crippen molar-refractivity contribution in [2.24, 2.45) is 5.73 Å². The van der Waals surface area contributed by atoms with E-state index in [1.807, 2.05) is 0 Å². The van der Waals surface area contributed by atoms with Crippen molar-refractivity contribution in [2.45, 2.75) is 18.6 Å². The maximum absolute atomic E-state index is 9.75. The average Bonchev–Trinajstić information content (AvgIpc) is 2.28. The minimum Gasteiger partial charge on any atom is -0.504 e. The first-order valence-electron chi connectivity index (χ1n) is 5.03. The third-order valence-electron chi connectivity index (χ3n) is 2.37. The van der Waals surface area contributed by atoms with Gasteiger partial charge in [0.15, 0.2) is 11.5 Å². The molecule has 90 valence electrons. The van der Waals surface area contributed by atoms with E-state index in [2.05, 4.69) is 0 Å². The van der Waals surface area contributed by atoms with Gasteiger partial charge in [-0.25, -0.2) is 0 Å². The highest BCUT2D eigenvalue weighted by Gasteiger charge is 2.18. The highest BCUT2D eigenvalue weighted by atomic mass is 16.5. The zero-order valence-corrected chi connectivity index (χ0v) is 9.13. The molecular formula is C11H17NO4. The van der Waals surface area contributed by atoms with Gasteiger partial charge in [-0.15, -0.1) is 0 Å². The highest BCUT2D eigenvalue weighted by Crippen LogP contribution is 2.30. The van der Waals surface area contributed by atoms with Gasteiger partial charge in [0.1, 0.15) is 6.10 Å². The molecule has 5 heteroatoms. The van der Waals surface area contributed by atoms with Crippen molar-refractivity contribution < 1.29 is 20.1 Å². The van der Waals surface area contributed by atoms with E-state index in [4.69, 9.17) is 10.5 Å². The maximum Gasteiger partial charge on any atom is 0.160 e. The second kappa shape index (κ2) is 5.69. The first-order valence-corrected chi connectivity index (χ1v) is 5.03. The summed E-state index contributed by atoms with van der Waals surface area (Å²) < 4.78 is 4.87. The summed E-state index contributed by atoms with van der Waals surface area (Å²) in [5, 5.41) is 28.8. The van der Waals surface area contributed by atoms with E-state index in [0.717, 1.165) is 0 Å². The summed E-state index contributed by atoms with van der Waals surface area (Å²) in [6.45, 7) is 0.292. The van der Waals surface area contributed by atoms with Crippen LogP contribution in [0.2, 0.25) is 0 Å². The zero-order valence-electron chi connectivity index (χ0n) is 9.13. The molecule has 0 spiro atoms. The Morgan fingerprint density at radius 3 is 2.56 bits per heavy atom. The van der Waals surface area contributed by atoms with Gasteiger partial charge in [-0.05, 0) is 30.7 Å². The molecule has 0 aliphatic heterocycles. The third kappa shape index (κ3) is 2.85. The predicted octanol–water partition coefficient (Wildman–Crippen LogP) is 0.144. The van der Waals surface area contributed by atoms with Gasteiger partial charge >= 0.3 is 0 Å². The van der Waals surface area contributed by atoms with Crippen LogP contribution in [0, 0.1) is 0 Å². The Labute approximate surface area is 94.1 Å². The number of aliphatic hydroxyl groups is 2. The smallest absolute Gasteiger partial charge is 0.160 e. The number of hydrogen-bond donors (Lipinski definition) is 4. The van der Waals surface area contributed by atoms with Crippen molar-refractivity contribution in [3.8, 4) is 11.5 Å². The number of methoxy groups -OCH3 is 1. The van der Waals surface area contributed by atoms with Gasteiger partial charge in [0, 0.05) is 0 Å². The Kier molecular flexibility index (Phi) is 4.54. The van der Waals surface area contributed by atoms with Gasteiger partial charge in [0.25, 0.3) is 0 Å². The molecule has 2 unspecified atom stereocenters. The number of aromatic hydroxyl groups is 1. The van der Waals surface area contributed by atoms with E-state index in [0.29, 0.717) is 24.3 Å². The lowest BCUT2D eigenvalue weighted by atomic mass is 10.0. The van der Waals surface area contributed by atoms with Crippen LogP contribution in [0.4, 0.5) is 0 Å². The second-order valence-corrected chi connectivity index (χ2v) is 3.52. The standard InChI is InChI=1S/C11H17NO4/c1-16-10-3-2-7(6-9(10)14)11(15)8(13)4-5-12/h2-3,6,8,11,13-15H,4-5,12H2,1H3. The zero-order chi connectivity index (χ0) is 12.1. The average molecular weight is 227 g/mol. The van der Waals surface area contributed by atoms with Crippen molar-refractivity contribution >= 4 is 0 Å². The molecule has 0 amide bonds. The fourth-order valence-electron chi connectivity index (χ4n) is 1.44. The number of rotatable bonds is 5. The molecule has 5 nitrogen and oxygen atoms in total. The number of benzene rings is 1. The molecule has 0 aliphatic rings. The largest absolute Gasteiger partial charge is 0.504 e. The van der Waals surface area contributed by atoms with E-state index >= 15 is 0 Å². The molecule has 0 heterocycles. The minimum atomic E-state index is -1.06. The first-order chi connectivity index (χ1) is 7.60. The van der Waals surface area contributed by atoms with Crippen LogP contribution in [0.1, 0.15) is 18.1 Å². The molecule has 1 aromatic rings. The quantitative estimate of drug-likeness (QED) is 0.574. The summed E-state index contributed by atoms with van der Waals surface area (Å²) >= 11 is 0. The summed E-state index contributed by atoms with van der Waals surface area (Å²) in [5.74, 6) is 0.253. The second-order valence-electron chi connectivity index (χ2n) is 3.52. The maximum atomic E-state index is 9.75. The van der Waals surface area contributed by atoms with E-state index in [1.54, 1.807) is 6.07 Å². The summed E-state index contributed by atoms with van der Waals surface area (Å²) in [4.78, 5) is 0. The number of phenols is 1. The molecule has 16 heavy (non-hydrogen) atoms. The molecule has 0 aromatic heterocycles. The van der Waals surface area contributed by atoms with Crippen molar-refractivity contribution in [3.63, 3.8) is 0 Å². The van der Waals surface area contributed by atoms with Crippen LogP contribution in [0.5, 0.6) is 11.5 Å². The van der Waals surface area contributed by atoms with Crippen LogP contribution < -0.4 is 10.5 Å². The van der Waals surface area contributed by atoms with E-state index in [1.165, 1.54) is 19.2 Å². The number of hydrogen-bond acceptors (Lipinski definition) is 5. The molecular weight excluding hydrogens is 210 g/mol. The number of nitrogens with two attached hydrogens (primary N) is 1. The van der Waals surface area contributed by atoms with Crippen LogP contribution in [-0.2, 0) is 0 Å². The fraction of sp³-hybridized carbons (Fsp3) is 0.455. The number of aliphatic hydroxyl groups excluding tert-OH is 2. The lowest BCUT2D eigenvalue weighted by Gasteiger charge is -2.18. The monoisotopic (exact) mass is 227 g/mol. The van der Waals surface area contributed by atoms with Gasteiger partial charge in [0.2, 0.25) is 0 Å². The molecule has 0 saturated heterocycles. The Morgan fingerprint density at radius 1 is 1.38 bits per heavy atom. The van der Waals surface area contributed by atoms with Gasteiger partial charge in [-0.3, -0.25) is 0 Å². The number of phenolic OH excluding ortho intramolecular Hbond substituents is 1. The van der Waals surface area contributed by atoms with Crippen LogP contribution in [0.15, 0.2) is 18.2 Å². The summed E-state index contributed by atoms with van der Waals surface area (Å²) in [7, 11) is 1.44. The lowest BCUT2D eigenvalue weighted by Crippen LogP contribution is -2.21. The molecule has 2 atom stereocenters. The molecule has 0 bridgehead atoms. The Balaban J connectivity index is 2.84. The predicted molar refractivity (Wildman–Crippen MR) is 59.3 cm³/mol. The summed E-state index contributed by atoms with van der Waals surface area (Å²) in [6.07, 6.45) is -1.69. The lowest BCUT2D eigenvalue weighted by molar-refractivity contribution is 0.0149. The van der Waals surface area contributed by atoms with Crippen molar-refractivity contribution in [2.75, 3.05) is 13.7 Å². The minimum absolute atomic E-state index is 0.0704. The van der Waals surface area contributed by atoms with Gasteiger partial charge in [0.05, 0.1) is 13.2 Å². The molecule has 1 aromatic carbocycles. The Hall–Kier alpha value is -1.30. The molecule has 0 fully saturated rings. The van der Waals surface area contributed by atoms with Gasteiger partial charge in [-0.1, -0.05) is 6.07 Å². The molecule has 0 radical (unpaired) electrons. The van der Waals surface area contributed by atoms with Crippen molar-refractivity contribution in [1.82, 2.24) is 0 Å². The molecule has 0 aliphatic carbocycles. The Bertz CT molecular complexity index is 343. The van der Waals surface area contributed by atoms with Crippen LogP contribution in [0.3, 0.4) is 0 Å². The summed E-state index contributed by atoms with van der Waals surface area (Å²) in [6, 6.07) is 4.48. The topological polar surface area (TPSA) is 95.9 Å². The molecule has 1 rings (SSSR count). The highest BCUT2D eigenvalue weighted by molar-refractivity contribution is 5.42. The van der Waals surface area contributed by atoms with Gasteiger partial charge < -0.3 is 25.8 Å². The van der Waals surface area contributed by atoms with Crippen molar-refractivity contribution in [3.05, 3.63) is 23.8 Å². The SMILES string of the molecule is COc1ccc(C(O)C(O)CCN)cc1O. The molecule has 0 saturated carbocycles. The van der Waals surface area contributed by atoms with E-state index < -0.39 is 12.2 Å². The van der Waals surface area contributed by atoms with Crippen LogP contribution in [-0.4, -0.2) is 35.1 Å². The third-order valence-corrected chi connectivity index (χ3v) is 2.37. The first kappa shape index (κ1) is 12.8.